The minimum absolute atomic E-state index is 0.168. The molecule has 0 unspecified atom stereocenters. The third-order valence-electron chi connectivity index (χ3n) is 5.04. The molecule has 1 N–H and O–H groups in total. The summed E-state index contributed by atoms with van der Waals surface area (Å²) in [6, 6.07) is 10.3. The zero-order chi connectivity index (χ0) is 25.0. The number of thioether (sulfide) groups is 1. The lowest BCUT2D eigenvalue weighted by molar-refractivity contribution is -0.150. The van der Waals surface area contributed by atoms with Crippen molar-refractivity contribution in [2.75, 3.05) is 13.7 Å². The second kappa shape index (κ2) is 11.6. The van der Waals surface area contributed by atoms with Crippen LogP contribution in [0, 0.1) is 17.2 Å². The molecule has 0 aliphatic carbocycles. The number of halogens is 4. The standard InChI is InChI=1S/C23H18Cl4N2O4S/c1-3-33-20-16(26)6-12(7-17(20)27)18-14(9-28)22(29-21(30)19(18)23(31)32-2)34-10-11-4-5-13(24)8-15(11)25/h4-8,18-19H,3,10H2,1-2H3,(H,29,30)/t18-,19-/m1/s1. The molecule has 2 aromatic carbocycles. The maximum atomic E-state index is 13.0. The van der Waals surface area contributed by atoms with E-state index >= 15 is 0 Å². The van der Waals surface area contributed by atoms with Crippen LogP contribution in [0.1, 0.15) is 24.0 Å². The Morgan fingerprint density at radius 3 is 2.38 bits per heavy atom. The molecule has 3 rings (SSSR count). The first kappa shape index (κ1) is 26.5. The Balaban J connectivity index is 2.09. The second-order valence-corrected chi connectivity index (χ2v) is 9.74. The molecule has 1 aliphatic heterocycles. The van der Waals surface area contributed by atoms with Crippen LogP contribution in [-0.4, -0.2) is 25.6 Å². The number of nitrogens with zero attached hydrogens (tertiary/aromatic N) is 1. The van der Waals surface area contributed by atoms with Gasteiger partial charge in [-0.2, -0.15) is 5.26 Å². The number of carbonyl (C=O) groups is 2. The fourth-order valence-corrected chi connectivity index (χ4v) is 5.73. The number of allylic oxidation sites excluding steroid dienone is 1. The Labute approximate surface area is 221 Å². The molecule has 1 aliphatic rings. The highest BCUT2D eigenvalue weighted by Gasteiger charge is 2.44. The predicted octanol–water partition coefficient (Wildman–Crippen LogP) is 6.37. The van der Waals surface area contributed by atoms with Gasteiger partial charge in [-0.3, -0.25) is 9.59 Å². The summed E-state index contributed by atoms with van der Waals surface area (Å²) in [5, 5.41) is 14.4. The molecule has 2 atom stereocenters. The number of nitrogens with one attached hydrogen (secondary N) is 1. The number of ether oxygens (including phenoxy) is 2. The summed E-state index contributed by atoms with van der Waals surface area (Å²) in [4.78, 5) is 25.6. The molecule has 1 heterocycles. The molecule has 34 heavy (non-hydrogen) atoms. The summed E-state index contributed by atoms with van der Waals surface area (Å²) in [5.41, 5.74) is 1.33. The van der Waals surface area contributed by atoms with Crippen LogP contribution >= 0.6 is 58.2 Å². The lowest BCUT2D eigenvalue weighted by atomic mass is 9.78. The summed E-state index contributed by atoms with van der Waals surface area (Å²) in [6.45, 7) is 2.12. The summed E-state index contributed by atoms with van der Waals surface area (Å²) >= 11 is 26.2. The number of methoxy groups -OCH3 is 1. The molecule has 178 valence electrons. The van der Waals surface area contributed by atoms with Gasteiger partial charge in [0.05, 0.1) is 40.4 Å². The van der Waals surface area contributed by atoms with E-state index in [4.69, 9.17) is 55.9 Å². The molecule has 0 saturated carbocycles. The van der Waals surface area contributed by atoms with Crippen LogP contribution in [0.15, 0.2) is 40.9 Å². The third kappa shape index (κ3) is 5.59. The fraction of sp³-hybridized carbons (Fsp3) is 0.261. The van der Waals surface area contributed by atoms with Crippen LogP contribution < -0.4 is 10.1 Å². The molecule has 0 aromatic heterocycles. The Hall–Kier alpha value is -2.08. The third-order valence-corrected chi connectivity index (χ3v) is 7.25. The summed E-state index contributed by atoms with van der Waals surface area (Å²) < 4.78 is 10.3. The van der Waals surface area contributed by atoms with Gasteiger partial charge in [-0.05, 0) is 42.3 Å². The molecule has 1 amide bonds. The molecular formula is C23H18Cl4N2O4S. The SMILES string of the molecule is CCOc1c(Cl)cc([C@@H]2C(C#N)=C(SCc3ccc(Cl)cc3Cl)NC(=O)[C@@H]2C(=O)OC)cc1Cl. The van der Waals surface area contributed by atoms with Crippen molar-refractivity contribution in [3.63, 3.8) is 0 Å². The number of hydrogen-bond acceptors (Lipinski definition) is 6. The van der Waals surface area contributed by atoms with E-state index in [-0.39, 0.29) is 21.4 Å². The van der Waals surface area contributed by atoms with E-state index in [1.54, 1.807) is 25.1 Å². The zero-order valence-corrected chi connectivity index (χ0v) is 21.8. The highest BCUT2D eigenvalue weighted by Crippen LogP contribution is 2.44. The number of hydrogen-bond donors (Lipinski definition) is 1. The van der Waals surface area contributed by atoms with Crippen molar-refractivity contribution in [3.8, 4) is 11.8 Å². The normalized spacial score (nSPS) is 17.7. The van der Waals surface area contributed by atoms with Crippen LogP contribution in [0.3, 0.4) is 0 Å². The van der Waals surface area contributed by atoms with Gasteiger partial charge in [0.2, 0.25) is 5.91 Å². The number of carbonyl (C=O) groups excluding carboxylic acids is 2. The lowest BCUT2D eigenvalue weighted by Crippen LogP contribution is -2.44. The van der Waals surface area contributed by atoms with E-state index in [9.17, 15) is 14.9 Å². The van der Waals surface area contributed by atoms with Gasteiger partial charge in [-0.1, -0.05) is 52.5 Å². The van der Waals surface area contributed by atoms with Gasteiger partial charge < -0.3 is 14.8 Å². The maximum absolute atomic E-state index is 13.0. The zero-order valence-electron chi connectivity index (χ0n) is 18.0. The lowest BCUT2D eigenvalue weighted by Gasteiger charge is -2.31. The molecule has 0 saturated heterocycles. The molecule has 6 nitrogen and oxygen atoms in total. The highest BCUT2D eigenvalue weighted by atomic mass is 35.5. The number of nitriles is 1. The Morgan fingerprint density at radius 1 is 1.15 bits per heavy atom. The summed E-state index contributed by atoms with van der Waals surface area (Å²) in [6.07, 6.45) is 0. The Bertz CT molecular complexity index is 1190. The van der Waals surface area contributed by atoms with Crippen LogP contribution in [-0.2, 0) is 20.1 Å². The van der Waals surface area contributed by atoms with Crippen LogP contribution in [0.4, 0.5) is 0 Å². The van der Waals surface area contributed by atoms with E-state index in [0.717, 1.165) is 5.56 Å². The van der Waals surface area contributed by atoms with Crippen molar-refractivity contribution in [3.05, 3.63) is 72.2 Å². The Morgan fingerprint density at radius 2 is 1.82 bits per heavy atom. The number of rotatable bonds is 7. The molecule has 2 aromatic rings. The molecule has 0 radical (unpaired) electrons. The average molecular weight is 560 g/mol. The second-order valence-electron chi connectivity index (χ2n) is 7.09. The smallest absolute Gasteiger partial charge is 0.319 e. The van der Waals surface area contributed by atoms with Crippen LogP contribution in [0.2, 0.25) is 20.1 Å². The van der Waals surface area contributed by atoms with E-state index in [1.165, 1.54) is 31.0 Å². The molecular weight excluding hydrogens is 542 g/mol. The van der Waals surface area contributed by atoms with Gasteiger partial charge >= 0.3 is 5.97 Å². The molecule has 0 bridgehead atoms. The topological polar surface area (TPSA) is 88.4 Å². The highest BCUT2D eigenvalue weighted by molar-refractivity contribution is 8.02. The van der Waals surface area contributed by atoms with E-state index in [1.807, 2.05) is 0 Å². The van der Waals surface area contributed by atoms with E-state index in [2.05, 4.69) is 11.4 Å². The minimum Gasteiger partial charge on any atom is -0.491 e. The van der Waals surface area contributed by atoms with Gasteiger partial charge in [0.1, 0.15) is 5.92 Å². The van der Waals surface area contributed by atoms with Gasteiger partial charge in [-0.25, -0.2) is 0 Å². The van der Waals surface area contributed by atoms with Crippen molar-refractivity contribution in [2.24, 2.45) is 5.92 Å². The summed E-state index contributed by atoms with van der Waals surface area (Å²) in [7, 11) is 1.17. The first-order valence-corrected chi connectivity index (χ1v) is 12.4. The fourth-order valence-electron chi connectivity index (χ4n) is 3.51. The van der Waals surface area contributed by atoms with Gasteiger partial charge in [-0.15, -0.1) is 11.8 Å². The molecule has 11 heteroatoms. The monoisotopic (exact) mass is 558 g/mol. The molecule has 0 spiro atoms. The number of amides is 1. The first-order chi connectivity index (χ1) is 16.2. The van der Waals surface area contributed by atoms with Crippen molar-refractivity contribution in [1.29, 1.82) is 5.26 Å². The average Bonchev–Trinajstić information content (AvgIpc) is 2.79. The van der Waals surface area contributed by atoms with Crippen molar-refractivity contribution < 1.29 is 19.1 Å². The van der Waals surface area contributed by atoms with Crippen molar-refractivity contribution in [1.82, 2.24) is 5.32 Å². The quantitative estimate of drug-likeness (QED) is 0.313. The van der Waals surface area contributed by atoms with Gasteiger partial charge in [0, 0.05) is 21.7 Å². The van der Waals surface area contributed by atoms with Crippen molar-refractivity contribution >= 4 is 70.0 Å². The molecule has 0 fully saturated rings. The minimum atomic E-state index is -1.31. The maximum Gasteiger partial charge on any atom is 0.319 e. The van der Waals surface area contributed by atoms with Gasteiger partial charge in [0.25, 0.3) is 0 Å². The van der Waals surface area contributed by atoms with E-state index in [0.29, 0.717) is 33.0 Å². The predicted molar refractivity (Wildman–Crippen MR) is 134 cm³/mol. The number of esters is 1. The summed E-state index contributed by atoms with van der Waals surface area (Å²) in [5.74, 6) is -3.06. The Kier molecular flexibility index (Phi) is 9.02. The number of benzene rings is 2. The first-order valence-electron chi connectivity index (χ1n) is 9.93. The van der Waals surface area contributed by atoms with Crippen LogP contribution in [0.5, 0.6) is 5.75 Å². The van der Waals surface area contributed by atoms with Gasteiger partial charge in [0.15, 0.2) is 5.75 Å². The largest absolute Gasteiger partial charge is 0.491 e. The van der Waals surface area contributed by atoms with Crippen LogP contribution in [0.25, 0.3) is 0 Å². The van der Waals surface area contributed by atoms with E-state index < -0.39 is 23.7 Å². The van der Waals surface area contributed by atoms with Crippen molar-refractivity contribution in [2.45, 2.75) is 18.6 Å².